The summed E-state index contributed by atoms with van der Waals surface area (Å²) in [5.41, 5.74) is 0. The number of fused-ring (bicyclic) bond motifs is 1. The van der Waals surface area contributed by atoms with Crippen molar-refractivity contribution in [1.82, 2.24) is 9.62 Å². The molecule has 0 aliphatic carbocycles. The number of nitrogens with one attached hydrogen (secondary N) is 1. The molecule has 0 spiro atoms. The summed E-state index contributed by atoms with van der Waals surface area (Å²) in [5.74, 6) is 0.286. The van der Waals surface area contributed by atoms with Gasteiger partial charge in [0, 0.05) is 13.1 Å². The predicted octanol–water partition coefficient (Wildman–Crippen LogP) is 1.55. The van der Waals surface area contributed by atoms with Crippen LogP contribution in [0.2, 0.25) is 0 Å². The maximum Gasteiger partial charge on any atom is 0.387 e. The summed E-state index contributed by atoms with van der Waals surface area (Å²) in [7, 11) is -3.81. The molecular weight excluding hydrogens is 338 g/mol. The number of halogens is 3. The largest absolute Gasteiger partial charge is 0.433 e. The molecule has 1 aromatic rings. The van der Waals surface area contributed by atoms with Crippen LogP contribution in [0.25, 0.3) is 0 Å². The lowest BCUT2D eigenvalue weighted by Gasteiger charge is -2.19. The molecule has 2 fully saturated rings. The van der Waals surface area contributed by atoms with E-state index in [0.717, 1.165) is 13.1 Å². The van der Waals surface area contributed by atoms with Crippen molar-refractivity contribution in [1.29, 1.82) is 0 Å². The molecule has 3 rings (SSSR count). The SMILES string of the molecule is Cl.O=S(=O)(c1ccccc1OC(F)F)N1C[C@H]2CNC[C@H]2C1. The van der Waals surface area contributed by atoms with Crippen molar-refractivity contribution in [2.24, 2.45) is 11.8 Å². The third-order valence-electron chi connectivity index (χ3n) is 4.04. The van der Waals surface area contributed by atoms with Gasteiger partial charge in [-0.25, -0.2) is 8.42 Å². The smallest absolute Gasteiger partial charge is 0.387 e. The maximum absolute atomic E-state index is 12.6. The third kappa shape index (κ3) is 3.19. The highest BCUT2D eigenvalue weighted by atomic mass is 35.5. The third-order valence-corrected chi connectivity index (χ3v) is 5.91. The van der Waals surface area contributed by atoms with Crippen LogP contribution in [-0.2, 0) is 10.0 Å². The predicted molar refractivity (Wildman–Crippen MR) is 78.9 cm³/mol. The first-order valence-corrected chi connectivity index (χ1v) is 8.17. The van der Waals surface area contributed by atoms with Gasteiger partial charge in [0.15, 0.2) is 0 Å². The topological polar surface area (TPSA) is 58.6 Å². The van der Waals surface area contributed by atoms with E-state index in [9.17, 15) is 17.2 Å². The van der Waals surface area contributed by atoms with Crippen LogP contribution in [-0.4, -0.2) is 45.5 Å². The van der Waals surface area contributed by atoms with Crippen LogP contribution in [0.5, 0.6) is 5.75 Å². The number of nitrogens with zero attached hydrogens (tertiary/aromatic N) is 1. The molecule has 2 saturated heterocycles. The molecule has 22 heavy (non-hydrogen) atoms. The van der Waals surface area contributed by atoms with Crippen LogP contribution < -0.4 is 10.1 Å². The molecule has 2 aliphatic rings. The van der Waals surface area contributed by atoms with Gasteiger partial charge < -0.3 is 10.1 Å². The maximum atomic E-state index is 12.6. The number of para-hydroxylation sites is 1. The van der Waals surface area contributed by atoms with Gasteiger partial charge in [-0.3, -0.25) is 0 Å². The van der Waals surface area contributed by atoms with Gasteiger partial charge in [0.1, 0.15) is 10.6 Å². The normalized spacial score (nSPS) is 25.0. The van der Waals surface area contributed by atoms with E-state index in [4.69, 9.17) is 0 Å². The number of ether oxygens (including phenoxy) is 1. The highest BCUT2D eigenvalue weighted by Gasteiger charge is 2.42. The molecule has 1 N–H and O–H groups in total. The number of hydrogen-bond donors (Lipinski definition) is 1. The highest BCUT2D eigenvalue weighted by Crippen LogP contribution is 2.34. The van der Waals surface area contributed by atoms with Crippen molar-refractivity contribution in [2.75, 3.05) is 26.2 Å². The minimum absolute atomic E-state index is 0. The number of alkyl halides is 2. The Bertz CT molecular complexity index is 617. The molecule has 0 aromatic heterocycles. The fourth-order valence-corrected chi connectivity index (χ4v) is 4.68. The van der Waals surface area contributed by atoms with E-state index in [-0.39, 0.29) is 23.1 Å². The molecule has 124 valence electrons. The molecule has 0 saturated carbocycles. The molecule has 0 unspecified atom stereocenters. The number of sulfonamides is 1. The Morgan fingerprint density at radius 3 is 2.36 bits per heavy atom. The number of hydrogen-bond acceptors (Lipinski definition) is 4. The minimum atomic E-state index is -3.81. The van der Waals surface area contributed by atoms with Gasteiger partial charge in [-0.15, -0.1) is 12.4 Å². The summed E-state index contributed by atoms with van der Waals surface area (Å²) in [6.45, 7) is -0.618. The van der Waals surface area contributed by atoms with E-state index >= 15 is 0 Å². The van der Waals surface area contributed by atoms with Crippen molar-refractivity contribution in [2.45, 2.75) is 11.5 Å². The molecule has 5 nitrogen and oxygen atoms in total. The molecule has 1 aromatic carbocycles. The van der Waals surface area contributed by atoms with Crippen LogP contribution in [0.1, 0.15) is 0 Å². The molecule has 0 amide bonds. The van der Waals surface area contributed by atoms with E-state index < -0.39 is 16.6 Å². The Balaban J connectivity index is 0.00000176. The Morgan fingerprint density at radius 2 is 1.77 bits per heavy atom. The average molecular weight is 355 g/mol. The summed E-state index contributed by atoms with van der Waals surface area (Å²) in [6, 6.07) is 5.53. The Labute approximate surface area is 134 Å². The first-order chi connectivity index (χ1) is 9.98. The number of benzene rings is 1. The van der Waals surface area contributed by atoms with Gasteiger partial charge in [-0.05, 0) is 37.1 Å². The van der Waals surface area contributed by atoms with Crippen LogP contribution in [0.4, 0.5) is 8.78 Å². The summed E-state index contributed by atoms with van der Waals surface area (Å²) >= 11 is 0. The van der Waals surface area contributed by atoms with E-state index in [0.29, 0.717) is 24.9 Å². The lowest BCUT2D eigenvalue weighted by atomic mass is 10.0. The molecule has 2 aliphatic heterocycles. The van der Waals surface area contributed by atoms with Gasteiger partial charge in [0.25, 0.3) is 0 Å². The fourth-order valence-electron chi connectivity index (χ4n) is 3.00. The number of rotatable bonds is 4. The van der Waals surface area contributed by atoms with E-state index in [2.05, 4.69) is 10.1 Å². The summed E-state index contributed by atoms with van der Waals surface area (Å²) in [6.07, 6.45) is 0. The van der Waals surface area contributed by atoms with Gasteiger partial charge in [0.2, 0.25) is 10.0 Å². The molecule has 2 heterocycles. The van der Waals surface area contributed by atoms with E-state index in [1.807, 2.05) is 0 Å². The van der Waals surface area contributed by atoms with Crippen molar-refractivity contribution in [3.63, 3.8) is 0 Å². The fraction of sp³-hybridized carbons (Fsp3) is 0.538. The Hall–Kier alpha value is -0.960. The lowest BCUT2D eigenvalue weighted by molar-refractivity contribution is -0.0517. The van der Waals surface area contributed by atoms with Crippen LogP contribution in [0.3, 0.4) is 0 Å². The monoisotopic (exact) mass is 354 g/mol. The van der Waals surface area contributed by atoms with Crippen LogP contribution in [0, 0.1) is 11.8 Å². The zero-order valence-corrected chi connectivity index (χ0v) is 13.2. The average Bonchev–Trinajstić information content (AvgIpc) is 2.99. The molecule has 0 bridgehead atoms. The van der Waals surface area contributed by atoms with Crippen molar-refractivity contribution < 1.29 is 21.9 Å². The zero-order valence-electron chi connectivity index (χ0n) is 11.6. The minimum Gasteiger partial charge on any atom is -0.433 e. The standard InChI is InChI=1S/C13H16F2N2O3S.ClH/c14-13(15)20-11-3-1-2-4-12(11)21(18,19)17-7-9-5-16-6-10(9)8-17;/h1-4,9-10,13,16H,5-8H2;1H/t9-,10+;. The summed E-state index contributed by atoms with van der Waals surface area (Å²) in [5, 5.41) is 3.23. The lowest BCUT2D eigenvalue weighted by Crippen LogP contribution is -2.32. The molecule has 2 atom stereocenters. The van der Waals surface area contributed by atoms with Gasteiger partial charge in [-0.1, -0.05) is 12.1 Å². The summed E-state index contributed by atoms with van der Waals surface area (Å²) < 4.78 is 55.8. The Kier molecular flexibility index (Phi) is 5.26. The van der Waals surface area contributed by atoms with Crippen LogP contribution >= 0.6 is 12.4 Å². The first kappa shape index (κ1) is 17.4. The van der Waals surface area contributed by atoms with Crippen molar-refractivity contribution >= 4 is 22.4 Å². The van der Waals surface area contributed by atoms with E-state index in [1.54, 1.807) is 0 Å². The van der Waals surface area contributed by atoms with Gasteiger partial charge >= 0.3 is 6.61 Å². The quantitative estimate of drug-likeness (QED) is 0.891. The second kappa shape index (κ2) is 6.66. The molecule has 9 heteroatoms. The first-order valence-electron chi connectivity index (χ1n) is 6.73. The van der Waals surface area contributed by atoms with Crippen molar-refractivity contribution in [3.05, 3.63) is 24.3 Å². The highest BCUT2D eigenvalue weighted by molar-refractivity contribution is 7.89. The van der Waals surface area contributed by atoms with E-state index in [1.165, 1.54) is 28.6 Å². The van der Waals surface area contributed by atoms with Crippen molar-refractivity contribution in [3.8, 4) is 5.75 Å². The molecule has 0 radical (unpaired) electrons. The Morgan fingerprint density at radius 1 is 1.18 bits per heavy atom. The van der Waals surface area contributed by atoms with Crippen LogP contribution in [0.15, 0.2) is 29.2 Å². The van der Waals surface area contributed by atoms with Gasteiger partial charge in [-0.2, -0.15) is 13.1 Å². The zero-order chi connectivity index (χ0) is 15.0. The summed E-state index contributed by atoms with van der Waals surface area (Å²) in [4.78, 5) is -0.196. The second-order valence-corrected chi connectivity index (χ2v) is 7.23. The van der Waals surface area contributed by atoms with Gasteiger partial charge in [0.05, 0.1) is 0 Å². The molecular formula is C13H17ClF2N2O3S. The second-order valence-electron chi connectivity index (χ2n) is 5.33.